The molecule has 0 aliphatic rings. The molecule has 2 N–H and O–H groups in total. The fraction of sp³-hybridized carbons (Fsp3) is 0.600. The largest absolute Gasteiger partial charge is 0.396 e. The number of aromatic nitrogens is 2. The molecule has 0 bridgehead atoms. The van der Waals surface area contributed by atoms with Gasteiger partial charge in [-0.2, -0.15) is 0 Å². The Kier molecular flexibility index (Phi) is 4.60. The molecular weight excluding hydrogens is 270 g/mol. The summed E-state index contributed by atoms with van der Waals surface area (Å²) in [6.45, 7) is 9.40. The molecule has 0 saturated carbocycles. The van der Waals surface area contributed by atoms with Gasteiger partial charge < -0.3 is 10.4 Å². The smallest absolute Gasteiger partial charge is 0.138 e. The van der Waals surface area contributed by atoms with Crippen molar-refractivity contribution in [3.8, 4) is 0 Å². The number of aliphatic hydroxyl groups excluding tert-OH is 1. The molecule has 0 radical (unpaired) electrons. The third-order valence-electron chi connectivity index (χ3n) is 4.43. The molecule has 0 fully saturated rings. The highest BCUT2D eigenvalue weighted by molar-refractivity contribution is 7.18. The third-order valence-corrected chi connectivity index (χ3v) is 5.55. The van der Waals surface area contributed by atoms with Crippen LogP contribution in [0.4, 0.5) is 5.82 Å². The molecule has 0 aliphatic carbocycles. The molecule has 2 heterocycles. The second-order valence-electron chi connectivity index (χ2n) is 5.40. The Morgan fingerprint density at radius 3 is 2.55 bits per heavy atom. The van der Waals surface area contributed by atoms with E-state index < -0.39 is 0 Å². The van der Waals surface area contributed by atoms with E-state index >= 15 is 0 Å². The highest BCUT2D eigenvalue weighted by Crippen LogP contribution is 2.33. The molecule has 110 valence electrons. The summed E-state index contributed by atoms with van der Waals surface area (Å²) in [7, 11) is 0. The molecule has 0 aliphatic heterocycles. The van der Waals surface area contributed by atoms with Gasteiger partial charge >= 0.3 is 0 Å². The Bertz CT molecular complexity index is 582. The van der Waals surface area contributed by atoms with Crippen molar-refractivity contribution in [1.82, 2.24) is 9.97 Å². The van der Waals surface area contributed by atoms with Crippen LogP contribution in [0, 0.1) is 19.3 Å². The Hall–Kier alpha value is -1.20. The SMILES string of the molecule is CCC(CC)(CO)CNc1ncnc2sc(C)c(C)c12. The second-order valence-corrected chi connectivity index (χ2v) is 6.61. The zero-order valence-electron chi connectivity index (χ0n) is 12.7. The number of hydrogen-bond donors (Lipinski definition) is 2. The number of nitrogens with zero attached hydrogens (tertiary/aromatic N) is 2. The minimum atomic E-state index is -0.0732. The average molecular weight is 293 g/mol. The molecular formula is C15H23N3OS. The van der Waals surface area contributed by atoms with Crippen LogP contribution in [0.15, 0.2) is 6.33 Å². The molecule has 0 unspecified atom stereocenters. The van der Waals surface area contributed by atoms with Crippen LogP contribution < -0.4 is 5.32 Å². The highest BCUT2D eigenvalue weighted by atomic mass is 32.1. The summed E-state index contributed by atoms with van der Waals surface area (Å²) < 4.78 is 0. The van der Waals surface area contributed by atoms with Crippen LogP contribution >= 0.6 is 11.3 Å². The summed E-state index contributed by atoms with van der Waals surface area (Å²) in [5, 5.41) is 14.2. The van der Waals surface area contributed by atoms with Crippen LogP contribution in [0.25, 0.3) is 10.2 Å². The lowest BCUT2D eigenvalue weighted by Crippen LogP contribution is -2.32. The van der Waals surface area contributed by atoms with Crippen molar-refractivity contribution < 1.29 is 5.11 Å². The van der Waals surface area contributed by atoms with Crippen molar-refractivity contribution >= 4 is 27.4 Å². The van der Waals surface area contributed by atoms with E-state index in [4.69, 9.17) is 0 Å². The van der Waals surface area contributed by atoms with Gasteiger partial charge in [-0.3, -0.25) is 0 Å². The van der Waals surface area contributed by atoms with Crippen LogP contribution in [0.1, 0.15) is 37.1 Å². The van der Waals surface area contributed by atoms with Gasteiger partial charge in [-0.25, -0.2) is 9.97 Å². The van der Waals surface area contributed by atoms with E-state index in [1.165, 1.54) is 10.4 Å². The number of aliphatic hydroxyl groups is 1. The standard InChI is InChI=1S/C15H23N3OS/c1-5-15(6-2,8-19)7-16-13-12-10(3)11(4)20-14(12)18-9-17-13/h9,19H,5-8H2,1-4H3,(H,16,17,18). The highest BCUT2D eigenvalue weighted by Gasteiger charge is 2.25. The van der Waals surface area contributed by atoms with E-state index in [-0.39, 0.29) is 12.0 Å². The molecule has 2 aromatic heterocycles. The molecule has 4 nitrogen and oxygen atoms in total. The predicted molar refractivity (Wildman–Crippen MR) is 85.5 cm³/mol. The van der Waals surface area contributed by atoms with E-state index in [0.29, 0.717) is 0 Å². The lowest BCUT2D eigenvalue weighted by molar-refractivity contribution is 0.127. The minimum Gasteiger partial charge on any atom is -0.396 e. The fourth-order valence-electron chi connectivity index (χ4n) is 2.37. The Morgan fingerprint density at radius 2 is 1.95 bits per heavy atom. The van der Waals surface area contributed by atoms with E-state index in [9.17, 15) is 5.11 Å². The lowest BCUT2D eigenvalue weighted by Gasteiger charge is -2.29. The van der Waals surface area contributed by atoms with Crippen molar-refractivity contribution in [2.24, 2.45) is 5.41 Å². The van der Waals surface area contributed by atoms with Crippen molar-refractivity contribution in [2.75, 3.05) is 18.5 Å². The topological polar surface area (TPSA) is 58.0 Å². The van der Waals surface area contributed by atoms with Gasteiger partial charge in [-0.15, -0.1) is 11.3 Å². The number of fused-ring (bicyclic) bond motifs is 1. The first kappa shape index (κ1) is 15.2. The average Bonchev–Trinajstić information content (AvgIpc) is 2.77. The summed E-state index contributed by atoms with van der Waals surface area (Å²) in [5.74, 6) is 0.886. The maximum absolute atomic E-state index is 9.66. The van der Waals surface area contributed by atoms with E-state index in [1.54, 1.807) is 17.7 Å². The number of rotatable bonds is 6. The van der Waals surface area contributed by atoms with Gasteiger partial charge in [0.2, 0.25) is 0 Å². The third kappa shape index (κ3) is 2.65. The first-order valence-corrected chi connectivity index (χ1v) is 7.94. The molecule has 0 amide bonds. The van der Waals surface area contributed by atoms with Gasteiger partial charge in [0.05, 0.1) is 12.0 Å². The second kappa shape index (κ2) is 6.06. The monoisotopic (exact) mass is 293 g/mol. The molecule has 20 heavy (non-hydrogen) atoms. The van der Waals surface area contributed by atoms with Gasteiger partial charge in [-0.1, -0.05) is 13.8 Å². The lowest BCUT2D eigenvalue weighted by atomic mass is 9.83. The van der Waals surface area contributed by atoms with Crippen molar-refractivity contribution in [3.05, 3.63) is 16.8 Å². The number of hydrogen-bond acceptors (Lipinski definition) is 5. The normalized spacial score (nSPS) is 12.1. The van der Waals surface area contributed by atoms with E-state index in [1.807, 2.05) is 0 Å². The summed E-state index contributed by atoms with van der Waals surface area (Å²) in [6, 6.07) is 0. The Labute approximate surface area is 124 Å². The maximum Gasteiger partial charge on any atom is 0.138 e. The van der Waals surface area contributed by atoms with Gasteiger partial charge in [-0.05, 0) is 32.3 Å². The molecule has 0 aromatic carbocycles. The van der Waals surface area contributed by atoms with Gasteiger partial charge in [0.1, 0.15) is 17.0 Å². The van der Waals surface area contributed by atoms with E-state index in [0.717, 1.165) is 35.4 Å². The molecule has 0 spiro atoms. The zero-order chi connectivity index (χ0) is 14.8. The molecule has 0 saturated heterocycles. The Morgan fingerprint density at radius 1 is 1.25 bits per heavy atom. The fourth-order valence-corrected chi connectivity index (χ4v) is 3.36. The summed E-state index contributed by atoms with van der Waals surface area (Å²) in [6.07, 6.45) is 3.50. The van der Waals surface area contributed by atoms with Crippen LogP contribution in [-0.2, 0) is 0 Å². The van der Waals surface area contributed by atoms with Crippen molar-refractivity contribution in [1.29, 1.82) is 0 Å². The van der Waals surface area contributed by atoms with Crippen LogP contribution in [0.2, 0.25) is 0 Å². The first-order chi connectivity index (χ1) is 9.56. The maximum atomic E-state index is 9.66. The van der Waals surface area contributed by atoms with Gasteiger partial charge in [0.15, 0.2) is 0 Å². The summed E-state index contributed by atoms with van der Waals surface area (Å²) in [4.78, 5) is 11.0. The van der Waals surface area contributed by atoms with Crippen LogP contribution in [0.3, 0.4) is 0 Å². The van der Waals surface area contributed by atoms with E-state index in [2.05, 4.69) is 43.0 Å². The van der Waals surface area contributed by atoms with Crippen molar-refractivity contribution in [2.45, 2.75) is 40.5 Å². The van der Waals surface area contributed by atoms with Crippen LogP contribution in [0.5, 0.6) is 0 Å². The van der Waals surface area contributed by atoms with Crippen LogP contribution in [-0.4, -0.2) is 28.2 Å². The zero-order valence-corrected chi connectivity index (χ0v) is 13.5. The van der Waals surface area contributed by atoms with Crippen molar-refractivity contribution in [3.63, 3.8) is 0 Å². The van der Waals surface area contributed by atoms with Gasteiger partial charge in [0.25, 0.3) is 0 Å². The summed E-state index contributed by atoms with van der Waals surface area (Å²) >= 11 is 1.70. The molecule has 0 atom stereocenters. The van der Waals surface area contributed by atoms with Gasteiger partial charge in [0, 0.05) is 16.8 Å². The minimum absolute atomic E-state index is 0.0732. The Balaban J connectivity index is 2.30. The summed E-state index contributed by atoms with van der Waals surface area (Å²) in [5.41, 5.74) is 1.17. The molecule has 5 heteroatoms. The number of thiophene rings is 1. The number of anilines is 1. The number of aryl methyl sites for hydroxylation is 2. The first-order valence-electron chi connectivity index (χ1n) is 7.12. The molecule has 2 rings (SSSR count). The molecule has 2 aromatic rings. The predicted octanol–water partition coefficient (Wildman–Crippen LogP) is 3.52. The number of nitrogens with one attached hydrogen (secondary N) is 1. The quantitative estimate of drug-likeness (QED) is 0.855.